The van der Waals surface area contributed by atoms with Gasteiger partial charge >= 0.3 is 5.97 Å². The second-order valence-corrected chi connectivity index (χ2v) is 6.21. The summed E-state index contributed by atoms with van der Waals surface area (Å²) in [5.41, 5.74) is 4.84. The van der Waals surface area contributed by atoms with E-state index in [9.17, 15) is 4.79 Å². The van der Waals surface area contributed by atoms with Gasteiger partial charge in [0, 0.05) is 10.6 Å². The quantitative estimate of drug-likeness (QED) is 0.444. The number of carbonyl (C=O) groups excluding carboxylic acids is 1. The molecule has 4 rings (SSSR count). The van der Waals surface area contributed by atoms with E-state index >= 15 is 0 Å². The van der Waals surface area contributed by atoms with Crippen LogP contribution in [0.1, 0.15) is 10.4 Å². The minimum absolute atomic E-state index is 0.351. The van der Waals surface area contributed by atoms with Crippen LogP contribution in [0.4, 0.5) is 0 Å². The van der Waals surface area contributed by atoms with Crippen LogP contribution in [-0.4, -0.2) is 18.1 Å². The van der Waals surface area contributed by atoms with Gasteiger partial charge < -0.3 is 9.15 Å². The van der Waals surface area contributed by atoms with Gasteiger partial charge in [0.05, 0.1) is 12.7 Å². The number of esters is 1. The first-order valence-electron chi connectivity index (χ1n) is 7.99. The Morgan fingerprint density at radius 3 is 2.27 bits per heavy atom. The van der Waals surface area contributed by atoms with Crippen LogP contribution < -0.4 is 0 Å². The van der Waals surface area contributed by atoms with Crippen LogP contribution in [-0.2, 0) is 4.74 Å². The molecule has 1 aromatic heterocycles. The van der Waals surface area contributed by atoms with Gasteiger partial charge in [0.2, 0.25) is 5.89 Å². The third-order valence-electron chi connectivity index (χ3n) is 4.12. The van der Waals surface area contributed by atoms with Gasteiger partial charge in [0.1, 0.15) is 5.52 Å². The highest BCUT2D eigenvalue weighted by Gasteiger charge is 2.10. The number of carbonyl (C=O) groups is 1. The number of fused-ring (bicyclic) bond motifs is 1. The summed E-state index contributed by atoms with van der Waals surface area (Å²) in [6, 6.07) is 20.4. The first-order chi connectivity index (χ1) is 12.6. The summed E-state index contributed by atoms with van der Waals surface area (Å²) < 4.78 is 10.6. The van der Waals surface area contributed by atoms with Crippen molar-refractivity contribution in [3.8, 4) is 22.6 Å². The van der Waals surface area contributed by atoms with Gasteiger partial charge in [0.15, 0.2) is 5.58 Å². The Labute approximate surface area is 155 Å². The third-order valence-corrected chi connectivity index (χ3v) is 4.37. The molecule has 0 aliphatic heterocycles. The molecule has 0 saturated carbocycles. The van der Waals surface area contributed by atoms with Crippen molar-refractivity contribution in [1.29, 1.82) is 0 Å². The van der Waals surface area contributed by atoms with Crippen LogP contribution in [0.2, 0.25) is 5.02 Å². The fraction of sp³-hybridized carbons (Fsp3) is 0.0476. The molecule has 0 atom stereocenters. The molecule has 0 aliphatic carbocycles. The molecule has 0 radical (unpaired) electrons. The van der Waals surface area contributed by atoms with Crippen molar-refractivity contribution in [3.05, 3.63) is 77.3 Å². The zero-order valence-electron chi connectivity index (χ0n) is 13.9. The summed E-state index contributed by atoms with van der Waals surface area (Å²) >= 11 is 5.93. The Morgan fingerprint density at radius 1 is 0.923 bits per heavy atom. The second-order valence-electron chi connectivity index (χ2n) is 5.78. The second kappa shape index (κ2) is 6.65. The van der Waals surface area contributed by atoms with E-state index in [1.165, 1.54) is 7.11 Å². The van der Waals surface area contributed by atoms with Crippen molar-refractivity contribution in [2.24, 2.45) is 0 Å². The van der Waals surface area contributed by atoms with Crippen LogP contribution in [0.3, 0.4) is 0 Å². The van der Waals surface area contributed by atoms with Crippen LogP contribution in [0.25, 0.3) is 33.7 Å². The lowest BCUT2D eigenvalue weighted by Crippen LogP contribution is -2.00. The summed E-state index contributed by atoms with van der Waals surface area (Å²) in [5.74, 6) is 0.200. The van der Waals surface area contributed by atoms with Gasteiger partial charge in [-0.05, 0) is 59.7 Å². The molecule has 0 saturated heterocycles. The SMILES string of the molecule is COC(=O)c1ccc(-c2ccc3oc(-c4ccc(Cl)cc4)nc3c2)cc1. The van der Waals surface area contributed by atoms with Crippen LogP contribution in [0.15, 0.2) is 71.1 Å². The van der Waals surface area contributed by atoms with E-state index in [-0.39, 0.29) is 5.97 Å². The average Bonchev–Trinajstić information content (AvgIpc) is 3.11. The lowest BCUT2D eigenvalue weighted by atomic mass is 10.0. The summed E-state index contributed by atoms with van der Waals surface area (Å²) in [6.07, 6.45) is 0. The molecule has 0 unspecified atom stereocenters. The van der Waals surface area contributed by atoms with E-state index in [1.807, 2.05) is 42.5 Å². The molecule has 128 valence electrons. The average molecular weight is 364 g/mol. The molecule has 5 heteroatoms. The Hall–Kier alpha value is -3.11. The van der Waals surface area contributed by atoms with E-state index < -0.39 is 0 Å². The zero-order chi connectivity index (χ0) is 18.1. The van der Waals surface area contributed by atoms with Crippen molar-refractivity contribution < 1.29 is 13.9 Å². The molecule has 4 nitrogen and oxygen atoms in total. The Bertz CT molecular complexity index is 1080. The van der Waals surface area contributed by atoms with Gasteiger partial charge in [-0.1, -0.05) is 29.8 Å². The molecule has 0 N–H and O–H groups in total. The molecule has 4 aromatic rings. The van der Waals surface area contributed by atoms with Gasteiger partial charge in [-0.25, -0.2) is 9.78 Å². The largest absolute Gasteiger partial charge is 0.465 e. The molecule has 26 heavy (non-hydrogen) atoms. The van der Waals surface area contributed by atoms with E-state index in [1.54, 1.807) is 24.3 Å². The lowest BCUT2D eigenvalue weighted by Gasteiger charge is -2.03. The Balaban J connectivity index is 1.69. The normalized spacial score (nSPS) is 10.8. The minimum Gasteiger partial charge on any atom is -0.465 e. The van der Waals surface area contributed by atoms with Gasteiger partial charge in [-0.15, -0.1) is 0 Å². The molecule has 0 fully saturated rings. The highest BCUT2D eigenvalue weighted by atomic mass is 35.5. The van der Waals surface area contributed by atoms with Gasteiger partial charge in [-0.2, -0.15) is 0 Å². The van der Waals surface area contributed by atoms with Gasteiger partial charge in [-0.3, -0.25) is 0 Å². The van der Waals surface area contributed by atoms with Crippen LogP contribution >= 0.6 is 11.6 Å². The number of rotatable bonds is 3. The van der Waals surface area contributed by atoms with Crippen molar-refractivity contribution in [1.82, 2.24) is 4.98 Å². The summed E-state index contributed by atoms with van der Waals surface area (Å²) in [4.78, 5) is 16.1. The van der Waals surface area contributed by atoms with Crippen LogP contribution in [0.5, 0.6) is 0 Å². The predicted molar refractivity (Wildman–Crippen MR) is 101 cm³/mol. The first-order valence-corrected chi connectivity index (χ1v) is 8.37. The van der Waals surface area contributed by atoms with Crippen molar-refractivity contribution in [3.63, 3.8) is 0 Å². The summed E-state index contributed by atoms with van der Waals surface area (Å²) in [6.45, 7) is 0. The van der Waals surface area contributed by atoms with Crippen molar-refractivity contribution in [2.45, 2.75) is 0 Å². The van der Waals surface area contributed by atoms with Crippen molar-refractivity contribution >= 4 is 28.7 Å². The smallest absolute Gasteiger partial charge is 0.337 e. The monoisotopic (exact) mass is 363 g/mol. The zero-order valence-corrected chi connectivity index (χ0v) is 14.7. The number of aromatic nitrogens is 1. The maximum Gasteiger partial charge on any atom is 0.337 e. The first kappa shape index (κ1) is 16.4. The number of nitrogens with zero attached hydrogens (tertiary/aromatic N) is 1. The van der Waals surface area contributed by atoms with Gasteiger partial charge in [0.25, 0.3) is 0 Å². The topological polar surface area (TPSA) is 52.3 Å². The molecule has 0 bridgehead atoms. The highest BCUT2D eigenvalue weighted by Crippen LogP contribution is 2.29. The third kappa shape index (κ3) is 3.07. The van der Waals surface area contributed by atoms with E-state index in [2.05, 4.69) is 4.98 Å². The molecule has 1 heterocycles. The number of halogens is 1. The number of hydrogen-bond donors (Lipinski definition) is 0. The number of oxazole rings is 1. The minimum atomic E-state index is -0.351. The fourth-order valence-electron chi connectivity index (χ4n) is 2.74. The maximum absolute atomic E-state index is 11.5. The molecule has 3 aromatic carbocycles. The summed E-state index contributed by atoms with van der Waals surface area (Å²) in [7, 11) is 1.37. The number of hydrogen-bond acceptors (Lipinski definition) is 4. The standard InChI is InChI=1S/C21H14ClNO3/c1-25-21(24)15-4-2-13(3-5-15)16-8-11-19-18(12-16)23-20(26-19)14-6-9-17(22)10-7-14/h2-12H,1H3. The highest BCUT2D eigenvalue weighted by molar-refractivity contribution is 6.30. The number of ether oxygens (including phenoxy) is 1. The van der Waals surface area contributed by atoms with Crippen LogP contribution in [0, 0.1) is 0 Å². The fourth-order valence-corrected chi connectivity index (χ4v) is 2.87. The molecule has 0 aliphatic rings. The molecular weight excluding hydrogens is 350 g/mol. The van der Waals surface area contributed by atoms with Crippen molar-refractivity contribution in [2.75, 3.05) is 7.11 Å². The maximum atomic E-state index is 11.5. The lowest BCUT2D eigenvalue weighted by molar-refractivity contribution is 0.0601. The number of methoxy groups -OCH3 is 1. The Kier molecular flexibility index (Phi) is 4.19. The predicted octanol–water partition coefficient (Wildman–Crippen LogP) is 5.60. The molecule has 0 spiro atoms. The molecular formula is C21H14ClNO3. The van der Waals surface area contributed by atoms with E-state index in [4.69, 9.17) is 20.8 Å². The molecule has 0 amide bonds. The number of benzene rings is 3. The Morgan fingerprint density at radius 2 is 1.58 bits per heavy atom. The van der Waals surface area contributed by atoms with E-state index in [0.717, 1.165) is 22.2 Å². The summed E-state index contributed by atoms with van der Waals surface area (Å²) in [5, 5.41) is 0.669. The van der Waals surface area contributed by atoms with E-state index in [0.29, 0.717) is 22.1 Å².